The van der Waals surface area contributed by atoms with Gasteiger partial charge in [-0.2, -0.15) is 0 Å². The van der Waals surface area contributed by atoms with Crippen molar-refractivity contribution in [2.75, 3.05) is 13.2 Å². The SMILES string of the molecule is Cc1ccc(OCC(CO)NC(C)C)c(C)c1. The summed E-state index contributed by atoms with van der Waals surface area (Å²) in [5.74, 6) is 0.889. The molecular formula is C14H23NO2. The molecule has 1 atom stereocenters. The minimum absolute atomic E-state index is 0.0179. The standard InChI is InChI=1S/C14H23NO2/c1-10(2)15-13(8-16)9-17-14-6-5-11(3)7-12(14)4/h5-7,10,13,15-16H,8-9H2,1-4H3. The minimum Gasteiger partial charge on any atom is -0.492 e. The smallest absolute Gasteiger partial charge is 0.122 e. The predicted molar refractivity (Wildman–Crippen MR) is 70.6 cm³/mol. The van der Waals surface area contributed by atoms with E-state index in [1.807, 2.05) is 19.1 Å². The van der Waals surface area contributed by atoms with Crippen LogP contribution in [-0.2, 0) is 0 Å². The Labute approximate surface area is 104 Å². The highest BCUT2D eigenvalue weighted by Crippen LogP contribution is 2.18. The Kier molecular flexibility index (Phi) is 5.45. The van der Waals surface area contributed by atoms with Crippen molar-refractivity contribution in [1.29, 1.82) is 0 Å². The van der Waals surface area contributed by atoms with E-state index in [1.165, 1.54) is 5.56 Å². The van der Waals surface area contributed by atoms with Gasteiger partial charge in [0, 0.05) is 6.04 Å². The summed E-state index contributed by atoms with van der Waals surface area (Å²) >= 11 is 0. The average Bonchev–Trinajstić information content (AvgIpc) is 2.25. The highest BCUT2D eigenvalue weighted by molar-refractivity contribution is 5.35. The number of rotatable bonds is 6. The summed E-state index contributed by atoms with van der Waals surface area (Å²) in [5.41, 5.74) is 2.36. The molecular weight excluding hydrogens is 214 g/mol. The van der Waals surface area contributed by atoms with Gasteiger partial charge in [-0.05, 0) is 25.5 Å². The molecule has 0 heterocycles. The fourth-order valence-corrected chi connectivity index (χ4v) is 1.78. The Bertz CT molecular complexity index is 350. The van der Waals surface area contributed by atoms with Crippen molar-refractivity contribution in [1.82, 2.24) is 5.32 Å². The molecule has 0 aromatic heterocycles. The maximum Gasteiger partial charge on any atom is 0.122 e. The van der Waals surface area contributed by atoms with Gasteiger partial charge in [-0.25, -0.2) is 0 Å². The zero-order chi connectivity index (χ0) is 12.8. The molecule has 1 aromatic rings. The zero-order valence-corrected chi connectivity index (χ0v) is 11.2. The summed E-state index contributed by atoms with van der Waals surface area (Å²) < 4.78 is 5.72. The normalized spacial score (nSPS) is 12.8. The molecule has 0 radical (unpaired) electrons. The van der Waals surface area contributed by atoms with E-state index in [0.717, 1.165) is 11.3 Å². The summed E-state index contributed by atoms with van der Waals surface area (Å²) in [4.78, 5) is 0. The van der Waals surface area contributed by atoms with Gasteiger partial charge in [-0.15, -0.1) is 0 Å². The fourth-order valence-electron chi connectivity index (χ4n) is 1.78. The molecule has 0 bridgehead atoms. The topological polar surface area (TPSA) is 41.5 Å². The van der Waals surface area contributed by atoms with Crippen LogP contribution in [0.25, 0.3) is 0 Å². The summed E-state index contributed by atoms with van der Waals surface area (Å²) in [6.45, 7) is 8.78. The van der Waals surface area contributed by atoms with Crippen LogP contribution < -0.4 is 10.1 Å². The van der Waals surface area contributed by atoms with Crippen LogP contribution in [0.3, 0.4) is 0 Å². The van der Waals surface area contributed by atoms with Gasteiger partial charge in [0.1, 0.15) is 12.4 Å². The second kappa shape index (κ2) is 6.62. The Morgan fingerprint density at radius 3 is 2.53 bits per heavy atom. The number of aryl methyl sites for hydroxylation is 2. The maximum absolute atomic E-state index is 9.22. The molecule has 1 rings (SSSR count). The van der Waals surface area contributed by atoms with Crippen molar-refractivity contribution in [3.05, 3.63) is 29.3 Å². The van der Waals surface area contributed by atoms with Crippen molar-refractivity contribution in [2.45, 2.75) is 39.8 Å². The van der Waals surface area contributed by atoms with E-state index in [9.17, 15) is 5.11 Å². The molecule has 0 amide bonds. The third-order valence-corrected chi connectivity index (χ3v) is 2.56. The lowest BCUT2D eigenvalue weighted by Gasteiger charge is -2.20. The van der Waals surface area contributed by atoms with Gasteiger partial charge in [0.15, 0.2) is 0 Å². The molecule has 2 N–H and O–H groups in total. The van der Waals surface area contributed by atoms with Gasteiger partial charge in [-0.3, -0.25) is 0 Å². The van der Waals surface area contributed by atoms with Gasteiger partial charge in [-0.1, -0.05) is 31.5 Å². The van der Waals surface area contributed by atoms with Gasteiger partial charge in [0.2, 0.25) is 0 Å². The van der Waals surface area contributed by atoms with E-state index in [2.05, 4.69) is 32.2 Å². The van der Waals surface area contributed by atoms with Crippen LogP contribution in [0.1, 0.15) is 25.0 Å². The predicted octanol–water partition coefficient (Wildman–Crippen LogP) is 2.04. The van der Waals surface area contributed by atoms with E-state index >= 15 is 0 Å². The molecule has 1 aromatic carbocycles. The number of aliphatic hydroxyl groups excluding tert-OH is 1. The minimum atomic E-state index is -0.0179. The Morgan fingerprint density at radius 1 is 1.29 bits per heavy atom. The number of hydrogen-bond acceptors (Lipinski definition) is 3. The van der Waals surface area contributed by atoms with Gasteiger partial charge >= 0.3 is 0 Å². The first-order valence-electron chi connectivity index (χ1n) is 6.10. The van der Waals surface area contributed by atoms with E-state index in [-0.39, 0.29) is 12.6 Å². The van der Waals surface area contributed by atoms with Crippen LogP contribution in [0.15, 0.2) is 18.2 Å². The largest absolute Gasteiger partial charge is 0.492 e. The highest BCUT2D eigenvalue weighted by Gasteiger charge is 2.10. The molecule has 17 heavy (non-hydrogen) atoms. The number of aliphatic hydroxyl groups is 1. The molecule has 1 unspecified atom stereocenters. The quantitative estimate of drug-likeness (QED) is 0.795. The first-order chi connectivity index (χ1) is 8.02. The van der Waals surface area contributed by atoms with Gasteiger partial charge < -0.3 is 15.2 Å². The summed E-state index contributed by atoms with van der Waals surface area (Å²) in [6.07, 6.45) is 0. The number of benzene rings is 1. The number of nitrogens with one attached hydrogen (secondary N) is 1. The Balaban J connectivity index is 2.53. The summed E-state index contributed by atoms with van der Waals surface area (Å²) in [7, 11) is 0. The van der Waals surface area contributed by atoms with E-state index in [0.29, 0.717) is 12.6 Å². The maximum atomic E-state index is 9.22. The molecule has 0 saturated heterocycles. The first-order valence-corrected chi connectivity index (χ1v) is 6.10. The van der Waals surface area contributed by atoms with Crippen LogP contribution in [-0.4, -0.2) is 30.4 Å². The molecule has 0 spiro atoms. The second-order valence-corrected chi connectivity index (χ2v) is 4.78. The number of hydrogen-bond donors (Lipinski definition) is 2. The lowest BCUT2D eigenvalue weighted by molar-refractivity contribution is 0.176. The zero-order valence-electron chi connectivity index (χ0n) is 11.2. The molecule has 0 aliphatic rings. The van der Waals surface area contributed by atoms with E-state index in [1.54, 1.807) is 0 Å². The molecule has 0 saturated carbocycles. The first kappa shape index (κ1) is 14.0. The highest BCUT2D eigenvalue weighted by atomic mass is 16.5. The molecule has 96 valence electrons. The molecule has 3 nitrogen and oxygen atoms in total. The van der Waals surface area contributed by atoms with Gasteiger partial charge in [0.05, 0.1) is 12.6 Å². The van der Waals surface area contributed by atoms with E-state index < -0.39 is 0 Å². The van der Waals surface area contributed by atoms with Gasteiger partial charge in [0.25, 0.3) is 0 Å². The number of ether oxygens (including phenoxy) is 1. The summed E-state index contributed by atoms with van der Waals surface area (Å²) in [5, 5.41) is 12.5. The van der Waals surface area contributed by atoms with Crippen molar-refractivity contribution < 1.29 is 9.84 Å². The van der Waals surface area contributed by atoms with Crippen LogP contribution >= 0.6 is 0 Å². The third-order valence-electron chi connectivity index (χ3n) is 2.56. The van der Waals surface area contributed by atoms with Crippen molar-refractivity contribution in [2.24, 2.45) is 0 Å². The molecule has 3 heteroatoms. The average molecular weight is 237 g/mol. The third kappa shape index (κ3) is 4.75. The van der Waals surface area contributed by atoms with E-state index in [4.69, 9.17) is 4.74 Å². The molecule has 0 fully saturated rings. The summed E-state index contributed by atoms with van der Waals surface area (Å²) in [6, 6.07) is 6.44. The molecule has 0 aliphatic carbocycles. The molecule has 0 aliphatic heterocycles. The fraction of sp³-hybridized carbons (Fsp3) is 0.571. The van der Waals surface area contributed by atoms with Crippen LogP contribution in [0.2, 0.25) is 0 Å². The lowest BCUT2D eigenvalue weighted by Crippen LogP contribution is -2.41. The lowest BCUT2D eigenvalue weighted by atomic mass is 10.1. The Hall–Kier alpha value is -1.06. The monoisotopic (exact) mass is 237 g/mol. The second-order valence-electron chi connectivity index (χ2n) is 4.78. The van der Waals surface area contributed by atoms with Crippen molar-refractivity contribution in [3.8, 4) is 5.75 Å². The Morgan fingerprint density at radius 2 is 2.00 bits per heavy atom. The van der Waals surface area contributed by atoms with Crippen molar-refractivity contribution in [3.63, 3.8) is 0 Å². The van der Waals surface area contributed by atoms with Crippen LogP contribution in [0, 0.1) is 13.8 Å². The van der Waals surface area contributed by atoms with Crippen LogP contribution in [0.4, 0.5) is 0 Å². The van der Waals surface area contributed by atoms with Crippen LogP contribution in [0.5, 0.6) is 5.75 Å². The van der Waals surface area contributed by atoms with Crippen molar-refractivity contribution >= 4 is 0 Å².